The summed E-state index contributed by atoms with van der Waals surface area (Å²) in [5.74, 6) is 1.14. The highest BCUT2D eigenvalue weighted by Gasteiger charge is 2.32. The highest BCUT2D eigenvalue weighted by molar-refractivity contribution is 9.10. The van der Waals surface area contributed by atoms with Crippen molar-refractivity contribution >= 4 is 39.7 Å². The van der Waals surface area contributed by atoms with E-state index in [1.165, 1.54) is 14.9 Å². The Morgan fingerprint density at radius 3 is 2.62 bits per heavy atom. The third-order valence-electron chi connectivity index (χ3n) is 4.05. The van der Waals surface area contributed by atoms with Crippen LogP contribution >= 0.6 is 39.7 Å². The third kappa shape index (κ3) is 4.08. The maximum atomic E-state index is 5.99. The Bertz CT molecular complexity index is 560. The normalized spacial score (nSPS) is 22.2. The van der Waals surface area contributed by atoms with Gasteiger partial charge in [0.15, 0.2) is 0 Å². The lowest BCUT2D eigenvalue weighted by atomic mass is 9.89. The summed E-state index contributed by atoms with van der Waals surface area (Å²) in [5, 5.41) is 2.15. The highest BCUT2D eigenvalue weighted by Crippen LogP contribution is 2.33. The van der Waals surface area contributed by atoms with Crippen molar-refractivity contribution in [3.8, 4) is 0 Å². The smallest absolute Gasteiger partial charge is 0.0328 e. The molecule has 0 unspecified atom stereocenters. The zero-order valence-corrected chi connectivity index (χ0v) is 15.0. The molecule has 5 heteroatoms. The molecule has 3 rings (SSSR count). The lowest BCUT2D eigenvalue weighted by Crippen LogP contribution is -2.22. The molecular weight excluding hydrogens is 368 g/mol. The number of likely N-dealkylation sites (tertiary alicyclic amines) is 1. The standard InChI is InChI=1S/C16H19BrN2S.ClH/c17-14-6-15(20-11-14)9-19-8-13(7-18)16(10-19)12-4-2-1-3-5-12;/h1-6,11,13,16H,7-10,18H2;1H/t13-,16+;/m1./s1. The first-order chi connectivity index (χ1) is 9.76. The summed E-state index contributed by atoms with van der Waals surface area (Å²) in [4.78, 5) is 3.95. The van der Waals surface area contributed by atoms with Crippen LogP contribution in [0.25, 0.3) is 0 Å². The number of rotatable bonds is 4. The summed E-state index contributed by atoms with van der Waals surface area (Å²) in [6.07, 6.45) is 0. The summed E-state index contributed by atoms with van der Waals surface area (Å²) in [5.41, 5.74) is 7.42. The minimum Gasteiger partial charge on any atom is -0.330 e. The van der Waals surface area contributed by atoms with Crippen molar-refractivity contribution in [2.24, 2.45) is 11.7 Å². The average Bonchev–Trinajstić information content (AvgIpc) is 3.06. The van der Waals surface area contributed by atoms with Gasteiger partial charge in [0.05, 0.1) is 0 Å². The Balaban J connectivity index is 0.00000161. The first-order valence-electron chi connectivity index (χ1n) is 6.96. The van der Waals surface area contributed by atoms with Crippen molar-refractivity contribution in [2.75, 3.05) is 19.6 Å². The van der Waals surface area contributed by atoms with Crippen LogP contribution in [0, 0.1) is 5.92 Å². The quantitative estimate of drug-likeness (QED) is 0.855. The number of benzene rings is 1. The predicted octanol–water partition coefficient (Wildman–Crippen LogP) is 4.11. The maximum absolute atomic E-state index is 5.99. The minimum absolute atomic E-state index is 0. The number of hydrogen-bond acceptors (Lipinski definition) is 3. The van der Waals surface area contributed by atoms with Gasteiger partial charge < -0.3 is 5.73 Å². The number of nitrogens with two attached hydrogens (primary N) is 1. The molecule has 0 saturated carbocycles. The lowest BCUT2D eigenvalue weighted by molar-refractivity contribution is 0.319. The van der Waals surface area contributed by atoms with Crippen molar-refractivity contribution in [1.82, 2.24) is 4.90 Å². The molecule has 2 N–H and O–H groups in total. The molecule has 1 aromatic carbocycles. The van der Waals surface area contributed by atoms with E-state index >= 15 is 0 Å². The molecule has 1 aliphatic rings. The number of thiophene rings is 1. The van der Waals surface area contributed by atoms with E-state index in [-0.39, 0.29) is 12.4 Å². The van der Waals surface area contributed by atoms with Gasteiger partial charge in [-0.15, -0.1) is 23.7 Å². The van der Waals surface area contributed by atoms with Gasteiger partial charge in [-0.2, -0.15) is 0 Å². The van der Waals surface area contributed by atoms with E-state index in [0.29, 0.717) is 11.8 Å². The Kier molecular flexibility index (Phi) is 6.26. The molecule has 0 aliphatic carbocycles. The van der Waals surface area contributed by atoms with Crippen LogP contribution in [0.2, 0.25) is 0 Å². The summed E-state index contributed by atoms with van der Waals surface area (Å²) < 4.78 is 1.19. The fourth-order valence-corrected chi connectivity index (χ4v) is 4.56. The molecular formula is C16H20BrClN2S. The van der Waals surface area contributed by atoms with Gasteiger partial charge in [0.25, 0.3) is 0 Å². The van der Waals surface area contributed by atoms with E-state index < -0.39 is 0 Å². The van der Waals surface area contributed by atoms with Crippen LogP contribution in [0.4, 0.5) is 0 Å². The lowest BCUT2D eigenvalue weighted by Gasteiger charge is -2.16. The van der Waals surface area contributed by atoms with Crippen LogP contribution in [0.3, 0.4) is 0 Å². The molecule has 1 saturated heterocycles. The number of halogens is 2. The monoisotopic (exact) mass is 386 g/mol. The van der Waals surface area contributed by atoms with E-state index in [2.05, 4.69) is 62.6 Å². The van der Waals surface area contributed by atoms with Crippen LogP contribution in [-0.4, -0.2) is 24.5 Å². The zero-order chi connectivity index (χ0) is 13.9. The SMILES string of the molecule is Cl.NC[C@@H]1CN(Cc2cc(Br)cs2)C[C@H]1c1ccccc1. The minimum atomic E-state index is 0. The zero-order valence-electron chi connectivity index (χ0n) is 11.7. The molecule has 0 radical (unpaired) electrons. The maximum Gasteiger partial charge on any atom is 0.0328 e. The Morgan fingerprint density at radius 1 is 1.24 bits per heavy atom. The van der Waals surface area contributed by atoms with E-state index in [1.807, 2.05) is 11.3 Å². The Labute approximate surface area is 144 Å². The summed E-state index contributed by atoms with van der Waals surface area (Å²) in [6, 6.07) is 13.0. The molecule has 1 aromatic heterocycles. The van der Waals surface area contributed by atoms with Crippen molar-refractivity contribution in [2.45, 2.75) is 12.5 Å². The van der Waals surface area contributed by atoms with Gasteiger partial charge in [-0.05, 0) is 40.0 Å². The van der Waals surface area contributed by atoms with Gasteiger partial charge in [0.1, 0.15) is 0 Å². The summed E-state index contributed by atoms with van der Waals surface area (Å²) >= 11 is 5.35. The molecule has 2 atom stereocenters. The Hall–Kier alpha value is -0.390. The average molecular weight is 388 g/mol. The number of hydrogen-bond donors (Lipinski definition) is 1. The van der Waals surface area contributed by atoms with Crippen LogP contribution in [0.15, 0.2) is 46.3 Å². The topological polar surface area (TPSA) is 29.3 Å². The highest BCUT2D eigenvalue weighted by atomic mass is 79.9. The van der Waals surface area contributed by atoms with Crippen molar-refractivity contribution < 1.29 is 0 Å². The van der Waals surface area contributed by atoms with Gasteiger partial charge in [0, 0.05) is 40.3 Å². The molecule has 1 aliphatic heterocycles. The molecule has 0 amide bonds. The fourth-order valence-electron chi connectivity index (χ4n) is 3.06. The second kappa shape index (κ2) is 7.75. The van der Waals surface area contributed by atoms with E-state index in [4.69, 9.17) is 5.73 Å². The molecule has 114 valence electrons. The molecule has 2 nitrogen and oxygen atoms in total. The van der Waals surface area contributed by atoms with Crippen molar-refractivity contribution in [3.05, 3.63) is 56.7 Å². The molecule has 21 heavy (non-hydrogen) atoms. The van der Waals surface area contributed by atoms with Crippen LogP contribution in [0.5, 0.6) is 0 Å². The molecule has 2 aromatic rings. The van der Waals surface area contributed by atoms with E-state index in [1.54, 1.807) is 0 Å². The van der Waals surface area contributed by atoms with Gasteiger partial charge in [-0.1, -0.05) is 30.3 Å². The first kappa shape index (κ1) is 17.0. The fraction of sp³-hybridized carbons (Fsp3) is 0.375. The second-order valence-corrected chi connectivity index (χ2v) is 7.35. The van der Waals surface area contributed by atoms with Gasteiger partial charge in [-0.3, -0.25) is 4.90 Å². The number of nitrogens with zero attached hydrogens (tertiary/aromatic N) is 1. The van der Waals surface area contributed by atoms with Crippen LogP contribution in [-0.2, 0) is 6.54 Å². The van der Waals surface area contributed by atoms with E-state index in [9.17, 15) is 0 Å². The van der Waals surface area contributed by atoms with E-state index in [0.717, 1.165) is 26.2 Å². The van der Waals surface area contributed by atoms with Crippen LogP contribution in [0.1, 0.15) is 16.4 Å². The molecule has 0 bridgehead atoms. The van der Waals surface area contributed by atoms with Crippen molar-refractivity contribution in [3.63, 3.8) is 0 Å². The van der Waals surface area contributed by atoms with Crippen molar-refractivity contribution in [1.29, 1.82) is 0 Å². The first-order valence-corrected chi connectivity index (χ1v) is 8.64. The largest absolute Gasteiger partial charge is 0.330 e. The predicted molar refractivity (Wildman–Crippen MR) is 96.3 cm³/mol. The third-order valence-corrected chi connectivity index (χ3v) is 5.73. The molecule has 0 spiro atoms. The molecule has 2 heterocycles. The second-order valence-electron chi connectivity index (χ2n) is 5.44. The van der Waals surface area contributed by atoms with Gasteiger partial charge >= 0.3 is 0 Å². The molecule has 1 fully saturated rings. The van der Waals surface area contributed by atoms with Gasteiger partial charge in [-0.25, -0.2) is 0 Å². The summed E-state index contributed by atoms with van der Waals surface area (Å²) in [7, 11) is 0. The summed E-state index contributed by atoms with van der Waals surface area (Å²) in [6.45, 7) is 4.02. The van der Waals surface area contributed by atoms with Crippen LogP contribution < -0.4 is 5.73 Å². The Morgan fingerprint density at radius 2 is 2.00 bits per heavy atom. The van der Waals surface area contributed by atoms with Gasteiger partial charge in [0.2, 0.25) is 0 Å².